The van der Waals surface area contributed by atoms with Crippen LogP contribution in [0.4, 0.5) is 0 Å². The number of halogens is 1. The quantitative estimate of drug-likeness (QED) is 0.139. The summed E-state index contributed by atoms with van der Waals surface area (Å²) in [5.74, 6) is -3.33. The molecule has 0 radical (unpaired) electrons. The van der Waals surface area contributed by atoms with Crippen molar-refractivity contribution in [2.75, 3.05) is 19.8 Å². The molecule has 3 aliphatic heterocycles. The summed E-state index contributed by atoms with van der Waals surface area (Å²) in [5, 5.41) is 14.0. The first-order valence-corrected chi connectivity index (χ1v) is 19.5. The van der Waals surface area contributed by atoms with Crippen molar-refractivity contribution in [3.8, 4) is 0 Å². The van der Waals surface area contributed by atoms with Gasteiger partial charge in [0.2, 0.25) is 17.7 Å². The predicted molar refractivity (Wildman–Crippen MR) is 200 cm³/mol. The van der Waals surface area contributed by atoms with Crippen molar-refractivity contribution in [3.05, 3.63) is 97.1 Å². The zero-order chi connectivity index (χ0) is 36.8. The van der Waals surface area contributed by atoms with Crippen LogP contribution in [-0.2, 0) is 35.1 Å². The third-order valence-corrected chi connectivity index (χ3v) is 12.1. The van der Waals surface area contributed by atoms with E-state index in [4.69, 9.17) is 9.47 Å². The number of ether oxygens (including phenoxy) is 2. The van der Waals surface area contributed by atoms with E-state index in [-0.39, 0.29) is 42.3 Å². The average Bonchev–Trinajstić information content (AvgIpc) is 3.77. The van der Waals surface area contributed by atoms with Gasteiger partial charge in [0.15, 0.2) is 0 Å². The predicted octanol–water partition coefficient (Wildman–Crippen LogP) is 5.05. The lowest BCUT2D eigenvalue weighted by molar-refractivity contribution is -0.153. The van der Waals surface area contributed by atoms with Crippen LogP contribution < -0.4 is 5.32 Å². The second-order valence-corrected chi connectivity index (χ2v) is 15.7. The van der Waals surface area contributed by atoms with E-state index in [1.54, 1.807) is 17.1 Å². The lowest BCUT2D eigenvalue weighted by Crippen LogP contribution is -2.61. The van der Waals surface area contributed by atoms with Gasteiger partial charge >= 0.3 is 5.97 Å². The topological polar surface area (TPSA) is 125 Å². The van der Waals surface area contributed by atoms with Gasteiger partial charge in [-0.05, 0) is 43.2 Å². The van der Waals surface area contributed by atoms with Crippen molar-refractivity contribution in [3.63, 3.8) is 0 Å². The molecule has 52 heavy (non-hydrogen) atoms. The Morgan fingerprint density at radius 3 is 2.40 bits per heavy atom. The van der Waals surface area contributed by atoms with E-state index in [0.29, 0.717) is 25.8 Å². The van der Waals surface area contributed by atoms with Gasteiger partial charge in [0.1, 0.15) is 18.2 Å². The largest absolute Gasteiger partial charge is 0.463 e. The Kier molecular flexibility index (Phi) is 12.3. The summed E-state index contributed by atoms with van der Waals surface area (Å²) in [6, 6.07) is 16.4. The first-order chi connectivity index (χ1) is 25.2. The van der Waals surface area contributed by atoms with Gasteiger partial charge in [-0.25, -0.2) is 0 Å². The molecule has 2 aromatic rings. The molecule has 0 aromatic heterocycles. The Balaban J connectivity index is 1.36. The first-order valence-electron chi connectivity index (χ1n) is 18.6. The number of fused-ring (bicyclic) bond motifs is 1. The SMILES string of the molecule is C=CCCC(=O)OC[C@H](NC(=O)[C@@H]1[C@H]2O[C@@]3(CC2Br)[C@H](C(=O)N(CC=C)C2CCCCC2)N([C@@H](CO)Cc2ccccc2)C(=O)[C@@H]13)c1ccccc1. The van der Waals surface area contributed by atoms with Gasteiger partial charge < -0.3 is 29.7 Å². The number of carbonyl (C=O) groups excluding carboxylic acids is 4. The highest BCUT2D eigenvalue weighted by atomic mass is 79.9. The fourth-order valence-corrected chi connectivity index (χ4v) is 9.87. The highest BCUT2D eigenvalue weighted by molar-refractivity contribution is 9.09. The maximum absolute atomic E-state index is 15.1. The number of esters is 1. The third-order valence-electron chi connectivity index (χ3n) is 11.3. The van der Waals surface area contributed by atoms with Crippen molar-refractivity contribution < 1.29 is 33.8 Å². The minimum absolute atomic E-state index is 0.00774. The number of carbonyl (C=O) groups is 4. The fourth-order valence-electron chi connectivity index (χ4n) is 8.93. The number of rotatable bonds is 16. The summed E-state index contributed by atoms with van der Waals surface area (Å²) < 4.78 is 12.4. The average molecular weight is 777 g/mol. The first kappa shape index (κ1) is 37.9. The standard InChI is InChI=1S/C41H50BrN3O7/c1-3-5-21-33(47)51-26-32(28-17-11-7-12-18-28)43-38(48)34-35-39(49)45(30(25-46)23-27-15-9-6-10-16-27)37(41(35)24-31(42)36(34)52-41)40(50)44(22-4-2)29-19-13-8-14-20-29/h3-4,6-7,9-12,15-18,29-32,34-37,46H,1-2,5,8,13-14,19-26H2,(H,43,48)/t30-,31?,32+,34+,35-,36+,37+,41-/m1/s1. The van der Waals surface area contributed by atoms with E-state index in [2.05, 4.69) is 34.4 Å². The van der Waals surface area contributed by atoms with Gasteiger partial charge in [0.25, 0.3) is 0 Å². The molecule has 8 atom stereocenters. The highest BCUT2D eigenvalue weighted by Gasteiger charge is 2.77. The van der Waals surface area contributed by atoms with E-state index in [1.807, 2.05) is 65.6 Å². The zero-order valence-electron chi connectivity index (χ0n) is 29.6. The van der Waals surface area contributed by atoms with Gasteiger partial charge in [-0.1, -0.05) is 108 Å². The van der Waals surface area contributed by atoms with Crippen molar-refractivity contribution in [2.45, 2.75) is 98.5 Å². The molecular weight excluding hydrogens is 726 g/mol. The van der Waals surface area contributed by atoms with E-state index in [1.165, 1.54) is 0 Å². The van der Waals surface area contributed by atoms with Crippen LogP contribution in [-0.4, -0.2) is 93.0 Å². The van der Waals surface area contributed by atoms with Crippen molar-refractivity contribution in [2.24, 2.45) is 11.8 Å². The van der Waals surface area contributed by atoms with Crippen molar-refractivity contribution in [1.82, 2.24) is 15.1 Å². The van der Waals surface area contributed by atoms with Crippen LogP contribution in [0.3, 0.4) is 0 Å². The number of hydrogen-bond donors (Lipinski definition) is 2. The molecule has 11 heteroatoms. The summed E-state index contributed by atoms with van der Waals surface area (Å²) >= 11 is 3.79. The van der Waals surface area contributed by atoms with E-state index in [9.17, 15) is 19.5 Å². The number of aliphatic hydroxyl groups excluding tert-OH is 1. The Morgan fingerprint density at radius 2 is 1.75 bits per heavy atom. The normalized spacial score (nSPS) is 27.8. The Morgan fingerprint density at radius 1 is 1.06 bits per heavy atom. The number of alkyl halides is 1. The maximum atomic E-state index is 15.1. The van der Waals surface area contributed by atoms with E-state index in [0.717, 1.165) is 43.2 Å². The van der Waals surface area contributed by atoms with Crippen LogP contribution in [0.1, 0.15) is 68.5 Å². The minimum atomic E-state index is -1.30. The molecule has 2 aromatic carbocycles. The molecule has 278 valence electrons. The second-order valence-electron chi connectivity index (χ2n) is 14.5. The molecule has 1 saturated carbocycles. The van der Waals surface area contributed by atoms with Crippen LogP contribution in [0.15, 0.2) is 86.0 Å². The number of likely N-dealkylation sites (tertiary alicyclic amines) is 1. The van der Waals surface area contributed by atoms with Crippen LogP contribution in [0, 0.1) is 11.8 Å². The molecule has 4 aliphatic rings. The van der Waals surface area contributed by atoms with E-state index >= 15 is 4.79 Å². The number of benzene rings is 2. The molecule has 10 nitrogen and oxygen atoms in total. The van der Waals surface area contributed by atoms with Crippen molar-refractivity contribution >= 4 is 39.6 Å². The van der Waals surface area contributed by atoms with Gasteiger partial charge in [-0.15, -0.1) is 13.2 Å². The molecule has 2 N–H and O–H groups in total. The summed E-state index contributed by atoms with van der Waals surface area (Å²) in [6.45, 7) is 7.47. The fraction of sp³-hybridized carbons (Fsp3) is 0.512. The molecule has 3 saturated heterocycles. The third kappa shape index (κ3) is 7.50. The number of nitrogens with zero attached hydrogens (tertiary/aromatic N) is 2. The summed E-state index contributed by atoms with van der Waals surface area (Å²) in [6.07, 6.45) is 8.86. The van der Waals surface area contributed by atoms with Gasteiger partial charge in [-0.3, -0.25) is 19.2 Å². The maximum Gasteiger partial charge on any atom is 0.306 e. The van der Waals surface area contributed by atoms with Crippen LogP contribution >= 0.6 is 15.9 Å². The van der Waals surface area contributed by atoms with Gasteiger partial charge in [-0.2, -0.15) is 0 Å². The van der Waals surface area contributed by atoms with Gasteiger partial charge in [0.05, 0.1) is 36.6 Å². The summed E-state index contributed by atoms with van der Waals surface area (Å²) in [4.78, 5) is 60.2. The Labute approximate surface area is 314 Å². The molecule has 4 fully saturated rings. The van der Waals surface area contributed by atoms with Crippen LogP contribution in [0.25, 0.3) is 0 Å². The lowest BCUT2D eigenvalue weighted by atomic mass is 9.70. The molecule has 3 amide bonds. The van der Waals surface area contributed by atoms with Crippen LogP contribution in [0.5, 0.6) is 0 Å². The second kappa shape index (κ2) is 16.9. The molecule has 1 aliphatic carbocycles. The van der Waals surface area contributed by atoms with Crippen LogP contribution in [0.2, 0.25) is 0 Å². The monoisotopic (exact) mass is 775 g/mol. The van der Waals surface area contributed by atoms with E-state index < -0.39 is 53.5 Å². The Hall–Kier alpha value is -3.80. The minimum Gasteiger partial charge on any atom is -0.463 e. The Bertz CT molecular complexity index is 1600. The number of nitrogens with one attached hydrogen (secondary N) is 1. The highest BCUT2D eigenvalue weighted by Crippen LogP contribution is 2.60. The molecule has 1 unspecified atom stereocenters. The molecule has 3 heterocycles. The summed E-state index contributed by atoms with van der Waals surface area (Å²) in [5.41, 5.74) is 0.355. The van der Waals surface area contributed by atoms with Crippen molar-refractivity contribution in [1.29, 1.82) is 0 Å². The number of amides is 3. The zero-order valence-corrected chi connectivity index (χ0v) is 31.2. The molecule has 1 spiro atoms. The number of allylic oxidation sites excluding steroid dienone is 1. The summed E-state index contributed by atoms with van der Waals surface area (Å²) in [7, 11) is 0. The molecule has 2 bridgehead atoms. The number of hydrogen-bond acceptors (Lipinski definition) is 7. The molecular formula is C41H50BrN3O7. The molecule has 6 rings (SSSR count). The lowest BCUT2D eigenvalue weighted by Gasteiger charge is -2.42. The van der Waals surface area contributed by atoms with Gasteiger partial charge in [0, 0.05) is 23.8 Å². The number of aliphatic hydroxyl groups is 1. The smallest absolute Gasteiger partial charge is 0.306 e.